The van der Waals surface area contributed by atoms with Gasteiger partial charge in [-0.05, 0) is 35.4 Å². The Hall–Kier alpha value is -2.00. The monoisotopic (exact) mass is 230 g/mol. The third-order valence-electron chi connectivity index (χ3n) is 2.51. The lowest BCUT2D eigenvalue weighted by molar-refractivity contribution is 0.0985. The molecule has 0 spiro atoms. The number of hydrogen-bond donors (Lipinski definition) is 1. The standard InChI is InChI=1S/C14H14O3/c1-16-13-6-2-11(3-7-13)12-4-8-14(9-5-12)17-10-15/h2-9,15H,10H2,1H3. The summed E-state index contributed by atoms with van der Waals surface area (Å²) in [5.74, 6) is 1.50. The molecule has 0 aliphatic rings. The van der Waals surface area contributed by atoms with Gasteiger partial charge in [0.05, 0.1) is 7.11 Å². The number of hydrogen-bond acceptors (Lipinski definition) is 3. The third-order valence-corrected chi connectivity index (χ3v) is 2.51. The first-order valence-corrected chi connectivity index (χ1v) is 5.31. The Morgan fingerprint density at radius 2 is 1.29 bits per heavy atom. The first-order chi connectivity index (χ1) is 8.33. The summed E-state index contributed by atoms with van der Waals surface area (Å²) >= 11 is 0. The summed E-state index contributed by atoms with van der Waals surface area (Å²) in [6, 6.07) is 15.4. The summed E-state index contributed by atoms with van der Waals surface area (Å²) in [6.45, 7) is -0.304. The van der Waals surface area contributed by atoms with Gasteiger partial charge in [0, 0.05) is 0 Å². The van der Waals surface area contributed by atoms with E-state index >= 15 is 0 Å². The lowest BCUT2D eigenvalue weighted by Gasteiger charge is -2.05. The van der Waals surface area contributed by atoms with Crippen LogP contribution < -0.4 is 9.47 Å². The molecule has 0 fully saturated rings. The van der Waals surface area contributed by atoms with Crippen LogP contribution in [-0.4, -0.2) is 19.0 Å². The molecule has 0 saturated heterocycles. The van der Waals surface area contributed by atoms with E-state index in [0.29, 0.717) is 5.75 Å². The van der Waals surface area contributed by atoms with E-state index in [1.54, 1.807) is 7.11 Å². The molecule has 0 amide bonds. The summed E-state index contributed by atoms with van der Waals surface area (Å²) in [5.41, 5.74) is 2.21. The highest BCUT2D eigenvalue weighted by molar-refractivity contribution is 5.64. The van der Waals surface area contributed by atoms with E-state index in [2.05, 4.69) is 0 Å². The van der Waals surface area contributed by atoms with Crippen LogP contribution >= 0.6 is 0 Å². The van der Waals surface area contributed by atoms with Crippen molar-refractivity contribution in [3.8, 4) is 22.6 Å². The highest BCUT2D eigenvalue weighted by Crippen LogP contribution is 2.24. The van der Waals surface area contributed by atoms with Crippen molar-refractivity contribution in [2.24, 2.45) is 0 Å². The molecule has 2 rings (SSSR count). The van der Waals surface area contributed by atoms with Crippen LogP contribution in [-0.2, 0) is 0 Å². The highest BCUT2D eigenvalue weighted by Gasteiger charge is 1.99. The van der Waals surface area contributed by atoms with Crippen molar-refractivity contribution >= 4 is 0 Å². The molecular formula is C14H14O3. The Labute approximate surface area is 100 Å². The van der Waals surface area contributed by atoms with Gasteiger partial charge in [0.2, 0.25) is 0 Å². The SMILES string of the molecule is COc1ccc(-c2ccc(OCO)cc2)cc1. The average Bonchev–Trinajstić information content (AvgIpc) is 2.40. The van der Waals surface area contributed by atoms with Crippen molar-refractivity contribution in [1.82, 2.24) is 0 Å². The minimum absolute atomic E-state index is 0.304. The molecule has 17 heavy (non-hydrogen) atoms. The van der Waals surface area contributed by atoms with E-state index in [1.807, 2.05) is 48.5 Å². The van der Waals surface area contributed by atoms with E-state index < -0.39 is 0 Å². The Kier molecular flexibility index (Phi) is 3.62. The Morgan fingerprint density at radius 1 is 0.824 bits per heavy atom. The number of ether oxygens (including phenoxy) is 2. The van der Waals surface area contributed by atoms with Crippen LogP contribution in [0.5, 0.6) is 11.5 Å². The van der Waals surface area contributed by atoms with Gasteiger partial charge in [-0.1, -0.05) is 24.3 Å². The van der Waals surface area contributed by atoms with E-state index in [4.69, 9.17) is 14.6 Å². The normalized spacial score (nSPS) is 10.0. The van der Waals surface area contributed by atoms with Crippen molar-refractivity contribution in [3.05, 3.63) is 48.5 Å². The molecule has 2 aromatic rings. The second-order valence-electron chi connectivity index (χ2n) is 3.53. The van der Waals surface area contributed by atoms with Crippen molar-refractivity contribution in [1.29, 1.82) is 0 Å². The van der Waals surface area contributed by atoms with Gasteiger partial charge < -0.3 is 14.6 Å². The molecule has 0 atom stereocenters. The molecule has 0 bridgehead atoms. The molecule has 0 aliphatic heterocycles. The minimum Gasteiger partial charge on any atom is -0.497 e. The summed E-state index contributed by atoms with van der Waals surface area (Å²) < 4.78 is 10.1. The fourth-order valence-electron chi connectivity index (χ4n) is 1.60. The molecule has 0 heterocycles. The van der Waals surface area contributed by atoms with Gasteiger partial charge in [0.15, 0.2) is 6.79 Å². The van der Waals surface area contributed by atoms with Crippen LogP contribution in [0.4, 0.5) is 0 Å². The molecule has 0 aromatic heterocycles. The topological polar surface area (TPSA) is 38.7 Å². The quantitative estimate of drug-likeness (QED) is 0.821. The molecule has 1 N–H and O–H groups in total. The van der Waals surface area contributed by atoms with Crippen LogP contribution in [0, 0.1) is 0 Å². The molecule has 3 heteroatoms. The van der Waals surface area contributed by atoms with Crippen LogP contribution in [0.2, 0.25) is 0 Å². The summed E-state index contributed by atoms with van der Waals surface area (Å²) in [5, 5.41) is 8.63. The second kappa shape index (κ2) is 5.37. The van der Waals surface area contributed by atoms with Gasteiger partial charge in [0.1, 0.15) is 11.5 Å². The van der Waals surface area contributed by atoms with E-state index in [0.717, 1.165) is 16.9 Å². The number of aliphatic hydroxyl groups excluding tert-OH is 1. The zero-order valence-corrected chi connectivity index (χ0v) is 9.59. The number of aliphatic hydroxyl groups is 1. The predicted molar refractivity (Wildman–Crippen MR) is 66.1 cm³/mol. The van der Waals surface area contributed by atoms with E-state index in [1.165, 1.54) is 0 Å². The maximum Gasteiger partial charge on any atom is 0.186 e. The first-order valence-electron chi connectivity index (χ1n) is 5.31. The van der Waals surface area contributed by atoms with Crippen LogP contribution in [0.25, 0.3) is 11.1 Å². The maximum absolute atomic E-state index is 8.63. The van der Waals surface area contributed by atoms with E-state index in [9.17, 15) is 0 Å². The second-order valence-corrected chi connectivity index (χ2v) is 3.53. The van der Waals surface area contributed by atoms with Gasteiger partial charge in [-0.25, -0.2) is 0 Å². The largest absolute Gasteiger partial charge is 0.497 e. The van der Waals surface area contributed by atoms with Gasteiger partial charge in [-0.3, -0.25) is 0 Å². The minimum atomic E-state index is -0.304. The number of methoxy groups -OCH3 is 1. The molecule has 0 aliphatic carbocycles. The molecule has 0 radical (unpaired) electrons. The van der Waals surface area contributed by atoms with Crippen molar-refractivity contribution < 1.29 is 14.6 Å². The summed E-state index contributed by atoms with van der Waals surface area (Å²) in [7, 11) is 1.65. The van der Waals surface area contributed by atoms with Gasteiger partial charge in [0.25, 0.3) is 0 Å². The molecule has 3 nitrogen and oxygen atoms in total. The van der Waals surface area contributed by atoms with Gasteiger partial charge >= 0.3 is 0 Å². The fraction of sp³-hybridized carbons (Fsp3) is 0.143. The third kappa shape index (κ3) is 2.77. The average molecular weight is 230 g/mol. The number of rotatable bonds is 4. The molecule has 0 unspecified atom stereocenters. The van der Waals surface area contributed by atoms with Crippen LogP contribution in [0.15, 0.2) is 48.5 Å². The maximum atomic E-state index is 8.63. The Balaban J connectivity index is 2.20. The fourth-order valence-corrected chi connectivity index (χ4v) is 1.60. The van der Waals surface area contributed by atoms with Crippen molar-refractivity contribution in [2.45, 2.75) is 0 Å². The van der Waals surface area contributed by atoms with Crippen LogP contribution in [0.1, 0.15) is 0 Å². The van der Waals surface area contributed by atoms with Gasteiger partial charge in [-0.2, -0.15) is 0 Å². The van der Waals surface area contributed by atoms with Crippen LogP contribution in [0.3, 0.4) is 0 Å². The van der Waals surface area contributed by atoms with Gasteiger partial charge in [-0.15, -0.1) is 0 Å². The zero-order valence-electron chi connectivity index (χ0n) is 9.59. The predicted octanol–water partition coefficient (Wildman–Crippen LogP) is 2.69. The summed E-state index contributed by atoms with van der Waals surface area (Å²) in [4.78, 5) is 0. The first kappa shape index (κ1) is 11.5. The Morgan fingerprint density at radius 3 is 1.71 bits per heavy atom. The highest BCUT2D eigenvalue weighted by atomic mass is 16.6. The molecular weight excluding hydrogens is 216 g/mol. The van der Waals surface area contributed by atoms with Crippen molar-refractivity contribution in [2.75, 3.05) is 13.9 Å². The van der Waals surface area contributed by atoms with E-state index in [-0.39, 0.29) is 6.79 Å². The summed E-state index contributed by atoms with van der Waals surface area (Å²) in [6.07, 6.45) is 0. The Bertz CT molecular complexity index is 460. The molecule has 2 aromatic carbocycles. The smallest absolute Gasteiger partial charge is 0.186 e. The number of benzene rings is 2. The van der Waals surface area contributed by atoms with Crippen molar-refractivity contribution in [3.63, 3.8) is 0 Å². The molecule has 88 valence electrons. The lowest BCUT2D eigenvalue weighted by Crippen LogP contribution is -1.93. The zero-order chi connectivity index (χ0) is 12.1. The lowest BCUT2D eigenvalue weighted by atomic mass is 10.1. The molecule has 0 saturated carbocycles.